The van der Waals surface area contributed by atoms with E-state index < -0.39 is 6.09 Å². The summed E-state index contributed by atoms with van der Waals surface area (Å²) in [5.74, 6) is 4.19. The lowest BCUT2D eigenvalue weighted by Gasteiger charge is -2.15. The standard InChI is InChI=1S/C22H23N3O4.C21H20N4O3/c1-4-16-6-5-7-17(12-16)25-22-18-13-20(28-10-8-26-2)21(29-11-9-27-3)14-19(18)23-15-24-22;22-18-5-1-2-6-19(18)25-20(26)17-9-7-15(8-10-17)13-24-21(27)28-14-16-4-3-11-23-12-16/h1,5-7,12-15H,8-11H2,2-3H3,(H,23,24,25);1-12H,13-14,22H2,(H,24,27)(H,25,26). The molecule has 292 valence electrons. The highest BCUT2D eigenvalue weighted by atomic mass is 16.6. The molecule has 14 nitrogen and oxygen atoms in total. The number of fused-ring (bicyclic) bond motifs is 1. The Morgan fingerprint density at radius 3 is 2.26 bits per heavy atom. The smallest absolute Gasteiger partial charge is 0.407 e. The first-order valence-electron chi connectivity index (χ1n) is 17.8. The lowest BCUT2D eigenvalue weighted by molar-refractivity contribution is 0.102. The number of alkyl carbamates (subject to hydrolysis) is 1. The molecule has 6 aromatic rings. The van der Waals surface area contributed by atoms with E-state index in [4.69, 9.17) is 35.8 Å². The number of carbonyl (C=O) groups excluding carboxylic acids is 2. The number of nitrogens with two attached hydrogens (primary N) is 1. The van der Waals surface area contributed by atoms with E-state index in [1.54, 1.807) is 81.2 Å². The van der Waals surface area contributed by atoms with Gasteiger partial charge in [0.2, 0.25) is 0 Å². The maximum absolute atomic E-state index is 12.3. The maximum Gasteiger partial charge on any atom is 0.407 e. The summed E-state index contributed by atoms with van der Waals surface area (Å²) >= 11 is 0. The predicted octanol–water partition coefficient (Wildman–Crippen LogP) is 6.75. The summed E-state index contributed by atoms with van der Waals surface area (Å²) in [6, 6.07) is 28.8. The minimum absolute atomic E-state index is 0.154. The van der Waals surface area contributed by atoms with Crippen LogP contribution in [0.15, 0.2) is 116 Å². The number of amides is 2. The number of anilines is 4. The molecule has 14 heteroatoms. The number of nitrogens with zero attached hydrogens (tertiary/aromatic N) is 3. The molecule has 0 radical (unpaired) electrons. The van der Waals surface area contributed by atoms with Gasteiger partial charge in [-0.2, -0.15) is 0 Å². The van der Waals surface area contributed by atoms with Crippen LogP contribution in [0.2, 0.25) is 0 Å². The van der Waals surface area contributed by atoms with Crippen LogP contribution < -0.4 is 31.2 Å². The number of para-hydroxylation sites is 2. The molecule has 0 spiro atoms. The number of ether oxygens (including phenoxy) is 5. The van der Waals surface area contributed by atoms with Crippen LogP contribution in [0, 0.1) is 12.3 Å². The molecule has 0 bridgehead atoms. The quantitative estimate of drug-likeness (QED) is 0.0463. The van der Waals surface area contributed by atoms with E-state index in [-0.39, 0.29) is 12.5 Å². The third kappa shape index (κ3) is 12.7. The monoisotopic (exact) mass is 769 g/mol. The number of carbonyl (C=O) groups is 2. The Balaban J connectivity index is 0.000000218. The Morgan fingerprint density at radius 1 is 0.807 bits per heavy atom. The van der Waals surface area contributed by atoms with Crippen LogP contribution in [-0.4, -0.2) is 67.6 Å². The van der Waals surface area contributed by atoms with E-state index in [0.29, 0.717) is 67.2 Å². The highest BCUT2D eigenvalue weighted by Crippen LogP contribution is 2.35. The van der Waals surface area contributed by atoms with Gasteiger partial charge in [0.1, 0.15) is 32.0 Å². The molecular weight excluding hydrogens is 727 g/mol. The first-order chi connectivity index (χ1) is 27.9. The lowest BCUT2D eigenvalue weighted by Crippen LogP contribution is -2.23. The first kappa shape index (κ1) is 41.0. The largest absolute Gasteiger partial charge is 0.487 e. The normalized spacial score (nSPS) is 10.3. The Bertz CT molecular complexity index is 2270. The summed E-state index contributed by atoms with van der Waals surface area (Å²) in [5.41, 5.74) is 11.4. The molecule has 0 atom stereocenters. The SMILES string of the molecule is C#Cc1cccc(Nc2ncnc3cc(OCCOC)c(OCCOC)cc23)c1.Nc1ccccc1NC(=O)c1ccc(CNC(=O)OCc2cccnc2)cc1. The summed E-state index contributed by atoms with van der Waals surface area (Å²) < 4.78 is 26.9. The lowest BCUT2D eigenvalue weighted by atomic mass is 10.1. The molecule has 2 aromatic heterocycles. The van der Waals surface area contributed by atoms with Gasteiger partial charge in [-0.25, -0.2) is 14.8 Å². The molecule has 4 aromatic carbocycles. The van der Waals surface area contributed by atoms with E-state index in [1.165, 1.54) is 6.33 Å². The minimum Gasteiger partial charge on any atom is -0.487 e. The molecule has 2 amide bonds. The van der Waals surface area contributed by atoms with Crippen molar-refractivity contribution in [2.75, 3.05) is 57.0 Å². The number of benzene rings is 4. The van der Waals surface area contributed by atoms with Crippen molar-refractivity contribution in [3.63, 3.8) is 0 Å². The van der Waals surface area contributed by atoms with Crippen LogP contribution in [0.25, 0.3) is 10.9 Å². The number of aromatic nitrogens is 3. The predicted molar refractivity (Wildman–Crippen MR) is 218 cm³/mol. The third-order valence-corrected chi connectivity index (χ3v) is 8.04. The molecule has 0 saturated carbocycles. The fourth-order valence-corrected chi connectivity index (χ4v) is 5.12. The van der Waals surface area contributed by atoms with E-state index in [0.717, 1.165) is 33.3 Å². The van der Waals surface area contributed by atoms with Crippen LogP contribution in [-0.2, 0) is 27.4 Å². The number of terminal acetylenes is 1. The van der Waals surface area contributed by atoms with Gasteiger partial charge >= 0.3 is 6.09 Å². The molecule has 0 aliphatic carbocycles. The fourth-order valence-electron chi connectivity index (χ4n) is 5.12. The molecule has 0 aliphatic heterocycles. The molecule has 5 N–H and O–H groups in total. The zero-order chi connectivity index (χ0) is 40.2. The molecule has 6 rings (SSSR count). The van der Waals surface area contributed by atoms with Gasteiger partial charge < -0.3 is 45.4 Å². The first-order valence-corrected chi connectivity index (χ1v) is 17.8. The minimum atomic E-state index is -0.523. The number of rotatable bonds is 16. The number of pyridine rings is 1. The molecule has 0 unspecified atom stereocenters. The van der Waals surface area contributed by atoms with E-state index in [9.17, 15) is 9.59 Å². The molecule has 0 fully saturated rings. The molecule has 0 aliphatic rings. The zero-order valence-electron chi connectivity index (χ0n) is 31.6. The van der Waals surface area contributed by atoms with Crippen LogP contribution >= 0.6 is 0 Å². The summed E-state index contributed by atoms with van der Waals surface area (Å²) in [4.78, 5) is 36.8. The highest BCUT2D eigenvalue weighted by Gasteiger charge is 2.14. The van der Waals surface area contributed by atoms with Gasteiger partial charge in [-0.3, -0.25) is 9.78 Å². The third-order valence-electron chi connectivity index (χ3n) is 8.04. The van der Waals surface area contributed by atoms with E-state index in [2.05, 4.69) is 36.8 Å². The maximum atomic E-state index is 12.3. The van der Waals surface area contributed by atoms with Gasteiger partial charge in [0.15, 0.2) is 11.5 Å². The Hall–Kier alpha value is -7.21. The van der Waals surface area contributed by atoms with Gasteiger partial charge in [-0.1, -0.05) is 42.3 Å². The van der Waals surface area contributed by atoms with E-state index >= 15 is 0 Å². The van der Waals surface area contributed by atoms with Crippen molar-refractivity contribution >= 4 is 45.8 Å². The van der Waals surface area contributed by atoms with Crippen LogP contribution in [0.5, 0.6) is 11.5 Å². The van der Waals surface area contributed by atoms with E-state index in [1.807, 2.05) is 42.5 Å². The fraction of sp³-hybridized carbons (Fsp3) is 0.186. The zero-order valence-corrected chi connectivity index (χ0v) is 31.6. The number of nitrogens with one attached hydrogen (secondary N) is 3. The van der Waals surface area contributed by atoms with Gasteiger partial charge in [0.05, 0.1) is 30.1 Å². The summed E-state index contributed by atoms with van der Waals surface area (Å²) in [6.45, 7) is 2.17. The second-order valence-electron chi connectivity index (χ2n) is 12.1. The Morgan fingerprint density at radius 2 is 1.56 bits per heavy atom. The van der Waals surface area contributed by atoms with Crippen molar-refractivity contribution in [2.45, 2.75) is 13.2 Å². The highest BCUT2D eigenvalue weighted by molar-refractivity contribution is 6.05. The van der Waals surface area contributed by atoms with Gasteiger partial charge in [0.25, 0.3) is 5.91 Å². The second-order valence-corrected chi connectivity index (χ2v) is 12.1. The summed E-state index contributed by atoms with van der Waals surface area (Å²) in [7, 11) is 3.25. The molecule has 0 saturated heterocycles. The van der Waals surface area contributed by atoms with Gasteiger partial charge in [-0.05, 0) is 60.2 Å². The molecule has 57 heavy (non-hydrogen) atoms. The van der Waals surface area contributed by atoms with Crippen molar-refractivity contribution < 1.29 is 33.3 Å². The molecular formula is C43H43N7O7. The van der Waals surface area contributed by atoms with Crippen LogP contribution in [0.4, 0.5) is 27.7 Å². The number of methoxy groups -OCH3 is 2. The van der Waals surface area contributed by atoms with Gasteiger partial charge in [0, 0.05) is 67.0 Å². The summed E-state index contributed by atoms with van der Waals surface area (Å²) in [5, 5.41) is 9.53. The van der Waals surface area contributed by atoms with Crippen LogP contribution in [0.1, 0.15) is 27.0 Å². The van der Waals surface area contributed by atoms with Gasteiger partial charge in [-0.15, -0.1) is 6.42 Å². The van der Waals surface area contributed by atoms with Crippen LogP contribution in [0.3, 0.4) is 0 Å². The van der Waals surface area contributed by atoms with Crippen molar-refractivity contribution in [1.29, 1.82) is 0 Å². The van der Waals surface area contributed by atoms with Crippen molar-refractivity contribution in [3.05, 3.63) is 138 Å². The number of hydrogen-bond donors (Lipinski definition) is 4. The molecule has 2 heterocycles. The van der Waals surface area contributed by atoms with Crippen molar-refractivity contribution in [1.82, 2.24) is 20.3 Å². The Kier molecular flexibility index (Phi) is 15.5. The van der Waals surface area contributed by atoms with Crippen molar-refractivity contribution in [3.8, 4) is 23.8 Å². The number of nitrogen functional groups attached to an aromatic ring is 1. The average molecular weight is 770 g/mol. The number of hydrogen-bond acceptors (Lipinski definition) is 12. The average Bonchev–Trinajstić information content (AvgIpc) is 3.24. The second kappa shape index (κ2) is 21.6. The van der Waals surface area contributed by atoms with Crippen molar-refractivity contribution in [2.24, 2.45) is 0 Å². The topological polar surface area (TPSA) is 181 Å². The summed E-state index contributed by atoms with van der Waals surface area (Å²) in [6.07, 6.45) is 9.77. The Labute approximate surface area is 330 Å².